The van der Waals surface area contributed by atoms with Crippen molar-refractivity contribution in [3.8, 4) is 0 Å². The monoisotopic (exact) mass is 358 g/mol. The van der Waals surface area contributed by atoms with Gasteiger partial charge in [0.1, 0.15) is 0 Å². The molecule has 1 aromatic carbocycles. The number of nitrogens with zero attached hydrogens (tertiary/aromatic N) is 1. The van der Waals surface area contributed by atoms with Crippen LogP contribution in [0.25, 0.3) is 0 Å². The lowest BCUT2D eigenvalue weighted by Crippen LogP contribution is -2.59. The van der Waals surface area contributed by atoms with Crippen LogP contribution in [0.2, 0.25) is 0 Å². The number of carbonyl (C=O) groups is 1. The minimum atomic E-state index is -4.35. The van der Waals surface area contributed by atoms with E-state index in [1.54, 1.807) is 24.8 Å². The van der Waals surface area contributed by atoms with Crippen LogP contribution in [0.5, 0.6) is 0 Å². The van der Waals surface area contributed by atoms with E-state index in [9.17, 15) is 23.1 Å². The van der Waals surface area contributed by atoms with Crippen LogP contribution >= 0.6 is 0 Å². The van der Waals surface area contributed by atoms with Crippen LogP contribution in [-0.2, 0) is 6.18 Å². The molecular weight excluding hydrogens is 333 g/mol. The Labute approximate surface area is 146 Å². The first-order chi connectivity index (χ1) is 11.5. The normalized spacial score (nSPS) is 17.2. The van der Waals surface area contributed by atoms with Gasteiger partial charge in [0.25, 0.3) is 0 Å². The van der Waals surface area contributed by atoms with Gasteiger partial charge in [0.05, 0.1) is 11.2 Å². The van der Waals surface area contributed by atoms with Crippen LogP contribution in [0.3, 0.4) is 0 Å². The van der Waals surface area contributed by atoms with Gasteiger partial charge in [0.15, 0.2) is 0 Å². The molecule has 0 aromatic heterocycles. The summed E-state index contributed by atoms with van der Waals surface area (Å²) in [6.07, 6.45) is -3.80. The molecule has 1 atom stereocenters. The zero-order valence-corrected chi connectivity index (χ0v) is 14.7. The molecule has 0 saturated carbocycles. The Morgan fingerprint density at radius 2 is 2.00 bits per heavy atom. The van der Waals surface area contributed by atoms with E-state index in [-0.39, 0.29) is 17.9 Å². The van der Waals surface area contributed by atoms with Gasteiger partial charge >= 0.3 is 12.2 Å². The number of urea groups is 1. The molecule has 4 nitrogen and oxygen atoms in total. The summed E-state index contributed by atoms with van der Waals surface area (Å²) in [7, 11) is 0. The highest BCUT2D eigenvalue weighted by Gasteiger charge is 2.39. The van der Waals surface area contributed by atoms with Crippen molar-refractivity contribution in [2.45, 2.75) is 44.9 Å². The van der Waals surface area contributed by atoms with E-state index in [0.717, 1.165) is 12.1 Å². The molecule has 0 bridgehead atoms. The van der Waals surface area contributed by atoms with Crippen LogP contribution in [0, 0.1) is 5.92 Å². The van der Waals surface area contributed by atoms with E-state index in [4.69, 9.17) is 0 Å². The number of hydrogen-bond donors (Lipinski definition) is 2. The number of nitrogens with one attached hydrogen (secondary N) is 1. The predicted octanol–water partition coefficient (Wildman–Crippen LogP) is 3.61. The first-order valence-corrected chi connectivity index (χ1v) is 8.41. The zero-order valence-electron chi connectivity index (χ0n) is 14.7. The van der Waals surface area contributed by atoms with Crippen molar-refractivity contribution in [2.24, 2.45) is 5.92 Å². The van der Waals surface area contributed by atoms with Gasteiger partial charge in [-0.1, -0.05) is 25.1 Å². The summed E-state index contributed by atoms with van der Waals surface area (Å²) in [5, 5.41) is 12.6. The summed E-state index contributed by atoms with van der Waals surface area (Å²) in [6.45, 7) is 6.71. The molecular formula is C18H25F3N2O2. The summed E-state index contributed by atoms with van der Waals surface area (Å²) in [5.74, 6) is -0.0228. The largest absolute Gasteiger partial charge is 0.416 e. The molecule has 25 heavy (non-hydrogen) atoms. The van der Waals surface area contributed by atoms with Crippen molar-refractivity contribution in [3.63, 3.8) is 0 Å². The van der Waals surface area contributed by atoms with Crippen molar-refractivity contribution in [3.05, 3.63) is 35.4 Å². The van der Waals surface area contributed by atoms with E-state index in [1.807, 2.05) is 6.92 Å². The van der Waals surface area contributed by atoms with Crippen LogP contribution in [0.15, 0.2) is 24.3 Å². The molecule has 1 aliphatic rings. The van der Waals surface area contributed by atoms with Gasteiger partial charge in [-0.15, -0.1) is 0 Å². The Balaban J connectivity index is 1.78. The minimum Gasteiger partial charge on any atom is -0.390 e. The second-order valence-electron chi connectivity index (χ2n) is 7.30. The third-order valence-electron chi connectivity index (χ3n) is 4.80. The SMILES string of the molecule is CC(CCNC(=O)N1CC(C(C)(C)O)C1)c1cccc(C(F)(F)F)c1. The maximum Gasteiger partial charge on any atom is 0.416 e. The maximum atomic E-state index is 12.8. The molecule has 2 rings (SSSR count). The van der Waals surface area contributed by atoms with Crippen molar-refractivity contribution < 1.29 is 23.1 Å². The molecule has 0 spiro atoms. The van der Waals surface area contributed by atoms with Crippen molar-refractivity contribution in [2.75, 3.05) is 19.6 Å². The summed E-state index contributed by atoms with van der Waals surface area (Å²) in [6, 6.07) is 5.10. The number of rotatable bonds is 5. The fourth-order valence-electron chi connectivity index (χ4n) is 2.79. The van der Waals surface area contributed by atoms with Crippen molar-refractivity contribution >= 4 is 6.03 Å². The molecule has 1 unspecified atom stereocenters. The Morgan fingerprint density at radius 3 is 2.56 bits per heavy atom. The molecule has 1 heterocycles. The smallest absolute Gasteiger partial charge is 0.390 e. The van der Waals surface area contributed by atoms with E-state index in [2.05, 4.69) is 5.32 Å². The number of benzene rings is 1. The topological polar surface area (TPSA) is 52.6 Å². The lowest BCUT2D eigenvalue weighted by atomic mass is 9.85. The van der Waals surface area contributed by atoms with Gasteiger partial charge in [-0.05, 0) is 37.8 Å². The molecule has 1 saturated heterocycles. The first kappa shape index (κ1) is 19.6. The number of hydrogen-bond acceptors (Lipinski definition) is 2. The molecule has 140 valence electrons. The van der Waals surface area contributed by atoms with E-state index >= 15 is 0 Å². The average molecular weight is 358 g/mol. The summed E-state index contributed by atoms with van der Waals surface area (Å²) >= 11 is 0. The van der Waals surface area contributed by atoms with Gasteiger partial charge in [0.2, 0.25) is 0 Å². The van der Waals surface area contributed by atoms with Crippen LogP contribution in [0.1, 0.15) is 44.2 Å². The van der Waals surface area contributed by atoms with E-state index in [0.29, 0.717) is 31.6 Å². The van der Waals surface area contributed by atoms with Crippen molar-refractivity contribution in [1.82, 2.24) is 10.2 Å². The molecule has 7 heteroatoms. The standard InChI is InChI=1S/C18H25F3N2O2/c1-12(13-5-4-6-14(9-13)18(19,20)21)7-8-22-16(24)23-10-15(11-23)17(2,3)25/h4-6,9,12,15,25H,7-8,10-11H2,1-3H3,(H,22,24). The lowest BCUT2D eigenvalue weighted by molar-refractivity contribution is -0.137. The summed E-state index contributed by atoms with van der Waals surface area (Å²) < 4.78 is 38.3. The quantitative estimate of drug-likeness (QED) is 0.845. The maximum absolute atomic E-state index is 12.8. The highest BCUT2D eigenvalue weighted by Crippen LogP contribution is 2.31. The van der Waals surface area contributed by atoms with E-state index < -0.39 is 17.3 Å². The molecule has 1 aromatic rings. The van der Waals surface area contributed by atoms with Crippen LogP contribution < -0.4 is 5.32 Å². The number of halogens is 3. The molecule has 0 radical (unpaired) electrons. The Hall–Kier alpha value is -1.76. The number of alkyl halides is 3. The third-order valence-corrected chi connectivity index (χ3v) is 4.80. The number of aliphatic hydroxyl groups is 1. The Morgan fingerprint density at radius 1 is 1.36 bits per heavy atom. The van der Waals surface area contributed by atoms with Gasteiger partial charge in [-0.3, -0.25) is 0 Å². The zero-order chi connectivity index (χ0) is 18.8. The Bertz CT molecular complexity index is 605. The van der Waals surface area contributed by atoms with Gasteiger partial charge in [-0.2, -0.15) is 13.2 Å². The predicted molar refractivity (Wildman–Crippen MR) is 89.2 cm³/mol. The highest BCUT2D eigenvalue weighted by atomic mass is 19.4. The highest BCUT2D eigenvalue weighted by molar-refractivity contribution is 5.75. The van der Waals surface area contributed by atoms with Crippen LogP contribution in [0.4, 0.5) is 18.0 Å². The minimum absolute atomic E-state index is 0.0716. The molecule has 1 aliphatic heterocycles. The number of likely N-dealkylation sites (tertiary alicyclic amines) is 1. The Kier molecular flexibility index (Phi) is 5.66. The average Bonchev–Trinajstić information content (AvgIpc) is 2.43. The van der Waals surface area contributed by atoms with Gasteiger partial charge in [0, 0.05) is 25.6 Å². The fourth-order valence-corrected chi connectivity index (χ4v) is 2.79. The number of amides is 2. The summed E-state index contributed by atoms with van der Waals surface area (Å²) in [5.41, 5.74) is -0.844. The summed E-state index contributed by atoms with van der Waals surface area (Å²) in [4.78, 5) is 13.6. The molecule has 1 fully saturated rings. The van der Waals surface area contributed by atoms with E-state index in [1.165, 1.54) is 6.07 Å². The molecule has 2 amide bonds. The van der Waals surface area contributed by atoms with Crippen LogP contribution in [-0.4, -0.2) is 41.3 Å². The van der Waals surface area contributed by atoms with Gasteiger partial charge in [-0.25, -0.2) is 4.79 Å². The molecule has 0 aliphatic carbocycles. The second kappa shape index (κ2) is 7.23. The first-order valence-electron chi connectivity index (χ1n) is 8.41. The van der Waals surface area contributed by atoms with Crippen molar-refractivity contribution in [1.29, 1.82) is 0 Å². The fraction of sp³-hybridized carbons (Fsp3) is 0.611. The lowest BCUT2D eigenvalue weighted by Gasteiger charge is -2.45. The number of carbonyl (C=O) groups excluding carboxylic acids is 1. The third kappa shape index (κ3) is 5.11. The second-order valence-corrected chi connectivity index (χ2v) is 7.30. The molecule has 2 N–H and O–H groups in total. The van der Waals surface area contributed by atoms with Gasteiger partial charge < -0.3 is 15.3 Å².